The number of benzene rings is 1. The number of para-hydroxylation sites is 1. The Hall–Kier alpha value is -0.760. The van der Waals surface area contributed by atoms with E-state index in [0.29, 0.717) is 17.5 Å². The van der Waals surface area contributed by atoms with Gasteiger partial charge < -0.3 is 4.90 Å². The second-order valence-corrected chi connectivity index (χ2v) is 5.00. The SMILES string of the molecule is CC1CC1CN(C)c1c(F)cccc1CCl. The summed E-state index contributed by atoms with van der Waals surface area (Å²) in [4.78, 5) is 2.00. The predicted octanol–water partition coefficient (Wildman–Crippen LogP) is 3.66. The molecule has 0 N–H and O–H groups in total. The molecule has 1 aliphatic carbocycles. The van der Waals surface area contributed by atoms with Crippen molar-refractivity contribution in [2.75, 3.05) is 18.5 Å². The molecule has 3 heteroatoms. The number of anilines is 1. The summed E-state index contributed by atoms with van der Waals surface area (Å²) >= 11 is 5.84. The Kier molecular flexibility index (Phi) is 3.38. The molecule has 1 fully saturated rings. The molecule has 0 radical (unpaired) electrons. The van der Waals surface area contributed by atoms with E-state index in [1.54, 1.807) is 6.07 Å². The Morgan fingerprint density at radius 1 is 1.50 bits per heavy atom. The first-order chi connectivity index (χ1) is 7.63. The Balaban J connectivity index is 2.17. The molecular weight excluding hydrogens is 225 g/mol. The van der Waals surface area contributed by atoms with Crippen LogP contribution in [0.1, 0.15) is 18.9 Å². The molecule has 1 aromatic rings. The van der Waals surface area contributed by atoms with E-state index in [1.165, 1.54) is 12.5 Å². The molecule has 1 aliphatic rings. The second-order valence-electron chi connectivity index (χ2n) is 4.73. The maximum atomic E-state index is 13.8. The van der Waals surface area contributed by atoms with Gasteiger partial charge in [-0.1, -0.05) is 19.1 Å². The van der Waals surface area contributed by atoms with Gasteiger partial charge in [0.1, 0.15) is 5.82 Å². The average molecular weight is 242 g/mol. The van der Waals surface area contributed by atoms with Gasteiger partial charge in [-0.2, -0.15) is 0 Å². The fraction of sp³-hybridized carbons (Fsp3) is 0.538. The van der Waals surface area contributed by atoms with Crippen molar-refractivity contribution in [1.29, 1.82) is 0 Å². The zero-order valence-electron chi connectivity index (χ0n) is 9.71. The maximum Gasteiger partial charge on any atom is 0.146 e. The highest BCUT2D eigenvalue weighted by Gasteiger charge is 2.33. The molecule has 0 aliphatic heterocycles. The summed E-state index contributed by atoms with van der Waals surface area (Å²) in [5.41, 5.74) is 1.54. The number of hydrogen-bond donors (Lipinski definition) is 0. The third kappa shape index (κ3) is 2.32. The lowest BCUT2D eigenvalue weighted by Gasteiger charge is -2.22. The van der Waals surface area contributed by atoms with Crippen LogP contribution in [-0.2, 0) is 5.88 Å². The number of alkyl halides is 1. The molecule has 2 rings (SSSR count). The second kappa shape index (κ2) is 4.62. The molecule has 1 aromatic carbocycles. The summed E-state index contributed by atoms with van der Waals surface area (Å²) < 4.78 is 13.8. The van der Waals surface area contributed by atoms with E-state index in [1.807, 2.05) is 18.0 Å². The number of hydrogen-bond acceptors (Lipinski definition) is 1. The van der Waals surface area contributed by atoms with E-state index >= 15 is 0 Å². The zero-order chi connectivity index (χ0) is 11.7. The van der Waals surface area contributed by atoms with Crippen LogP contribution in [0.2, 0.25) is 0 Å². The quantitative estimate of drug-likeness (QED) is 0.728. The van der Waals surface area contributed by atoms with Crippen molar-refractivity contribution < 1.29 is 4.39 Å². The van der Waals surface area contributed by atoms with Crippen molar-refractivity contribution in [3.63, 3.8) is 0 Å². The largest absolute Gasteiger partial charge is 0.372 e. The van der Waals surface area contributed by atoms with E-state index in [4.69, 9.17) is 11.6 Å². The Bertz CT molecular complexity index is 380. The maximum absolute atomic E-state index is 13.8. The van der Waals surface area contributed by atoms with Crippen molar-refractivity contribution in [3.8, 4) is 0 Å². The summed E-state index contributed by atoms with van der Waals surface area (Å²) in [7, 11) is 1.94. The van der Waals surface area contributed by atoms with Crippen molar-refractivity contribution >= 4 is 17.3 Å². The van der Waals surface area contributed by atoms with Crippen LogP contribution in [0.25, 0.3) is 0 Å². The highest BCUT2D eigenvalue weighted by Crippen LogP contribution is 2.39. The summed E-state index contributed by atoms with van der Waals surface area (Å²) in [5, 5.41) is 0. The Morgan fingerprint density at radius 2 is 2.19 bits per heavy atom. The minimum absolute atomic E-state index is 0.172. The molecule has 0 bridgehead atoms. The molecule has 1 saturated carbocycles. The van der Waals surface area contributed by atoms with Gasteiger partial charge in [0.15, 0.2) is 0 Å². The van der Waals surface area contributed by atoms with Gasteiger partial charge in [-0.3, -0.25) is 0 Å². The van der Waals surface area contributed by atoms with E-state index in [2.05, 4.69) is 6.92 Å². The molecule has 16 heavy (non-hydrogen) atoms. The van der Waals surface area contributed by atoms with Crippen LogP contribution in [0.3, 0.4) is 0 Å². The van der Waals surface area contributed by atoms with Gasteiger partial charge in [0, 0.05) is 19.5 Å². The van der Waals surface area contributed by atoms with Crippen LogP contribution < -0.4 is 4.90 Å². The minimum Gasteiger partial charge on any atom is -0.372 e. The molecule has 0 saturated heterocycles. The molecule has 2 unspecified atom stereocenters. The lowest BCUT2D eigenvalue weighted by atomic mass is 10.1. The third-order valence-electron chi connectivity index (χ3n) is 3.38. The van der Waals surface area contributed by atoms with Gasteiger partial charge in [0.25, 0.3) is 0 Å². The summed E-state index contributed by atoms with van der Waals surface area (Å²) in [6.07, 6.45) is 1.26. The first-order valence-corrected chi connectivity index (χ1v) is 6.21. The van der Waals surface area contributed by atoms with Gasteiger partial charge in [-0.05, 0) is 29.9 Å². The van der Waals surface area contributed by atoms with Crippen LogP contribution in [0, 0.1) is 17.7 Å². The van der Waals surface area contributed by atoms with Gasteiger partial charge >= 0.3 is 0 Å². The van der Waals surface area contributed by atoms with E-state index in [9.17, 15) is 4.39 Å². The van der Waals surface area contributed by atoms with Crippen molar-refractivity contribution in [2.24, 2.45) is 11.8 Å². The van der Waals surface area contributed by atoms with Crippen LogP contribution in [0.4, 0.5) is 10.1 Å². The van der Waals surface area contributed by atoms with Gasteiger partial charge in [-0.25, -0.2) is 4.39 Å². The van der Waals surface area contributed by atoms with E-state index in [0.717, 1.165) is 18.0 Å². The fourth-order valence-corrected chi connectivity index (χ4v) is 2.41. The molecule has 2 atom stereocenters. The fourth-order valence-electron chi connectivity index (χ4n) is 2.19. The first kappa shape index (κ1) is 11.7. The summed E-state index contributed by atoms with van der Waals surface area (Å²) in [6.45, 7) is 3.16. The molecule has 0 spiro atoms. The normalized spacial score (nSPS) is 23.2. The highest BCUT2D eigenvalue weighted by molar-refractivity contribution is 6.17. The monoisotopic (exact) mass is 241 g/mol. The standard InChI is InChI=1S/C13H17ClFN/c1-9-6-11(9)8-16(2)13-10(7-14)4-3-5-12(13)15/h3-5,9,11H,6-8H2,1-2H3. The molecule has 0 aromatic heterocycles. The smallest absolute Gasteiger partial charge is 0.146 e. The molecule has 88 valence electrons. The van der Waals surface area contributed by atoms with E-state index in [-0.39, 0.29) is 5.82 Å². The lowest BCUT2D eigenvalue weighted by molar-refractivity contribution is 0.615. The topological polar surface area (TPSA) is 3.24 Å². The zero-order valence-corrected chi connectivity index (χ0v) is 10.5. The van der Waals surface area contributed by atoms with Gasteiger partial charge in [0.05, 0.1) is 5.69 Å². The highest BCUT2D eigenvalue weighted by atomic mass is 35.5. The number of nitrogens with zero attached hydrogens (tertiary/aromatic N) is 1. The van der Waals surface area contributed by atoms with Crippen LogP contribution >= 0.6 is 11.6 Å². The molecule has 1 nitrogen and oxygen atoms in total. The van der Waals surface area contributed by atoms with Gasteiger partial charge in [0.2, 0.25) is 0 Å². The summed E-state index contributed by atoms with van der Waals surface area (Å²) in [6, 6.07) is 5.10. The minimum atomic E-state index is -0.172. The molecule has 0 amide bonds. The van der Waals surface area contributed by atoms with E-state index < -0.39 is 0 Å². The Labute approximate surface area is 101 Å². The van der Waals surface area contributed by atoms with Crippen molar-refractivity contribution in [1.82, 2.24) is 0 Å². The lowest BCUT2D eigenvalue weighted by Crippen LogP contribution is -2.22. The Morgan fingerprint density at radius 3 is 2.75 bits per heavy atom. The van der Waals surface area contributed by atoms with Gasteiger partial charge in [-0.15, -0.1) is 11.6 Å². The third-order valence-corrected chi connectivity index (χ3v) is 3.67. The first-order valence-electron chi connectivity index (χ1n) is 5.68. The summed E-state index contributed by atoms with van der Waals surface area (Å²) in [5.74, 6) is 1.69. The molecule has 0 heterocycles. The van der Waals surface area contributed by atoms with Crippen molar-refractivity contribution in [3.05, 3.63) is 29.6 Å². The average Bonchev–Trinajstić information content (AvgIpc) is 2.93. The number of rotatable bonds is 4. The van der Waals surface area contributed by atoms with Crippen molar-refractivity contribution in [2.45, 2.75) is 19.2 Å². The predicted molar refractivity (Wildman–Crippen MR) is 66.5 cm³/mol. The van der Waals surface area contributed by atoms with Crippen LogP contribution in [-0.4, -0.2) is 13.6 Å². The number of halogens is 2. The molecular formula is C13H17ClFN. The van der Waals surface area contributed by atoms with Crippen LogP contribution in [0.5, 0.6) is 0 Å². The van der Waals surface area contributed by atoms with Crippen LogP contribution in [0.15, 0.2) is 18.2 Å².